The fraction of sp³-hybridized carbons (Fsp3) is 0.269. The van der Waals surface area contributed by atoms with Crippen molar-refractivity contribution >= 4 is 11.6 Å². The molecule has 2 N–H and O–H groups in total. The quantitative estimate of drug-likeness (QED) is 0.500. The largest absolute Gasteiger partial charge is 0.489 e. The summed E-state index contributed by atoms with van der Waals surface area (Å²) in [6.45, 7) is 0.560. The molecule has 0 heterocycles. The molecule has 1 aliphatic rings. The van der Waals surface area contributed by atoms with E-state index in [2.05, 4.69) is 11.4 Å². The molecule has 4 rings (SSSR count). The molecule has 5 heteroatoms. The summed E-state index contributed by atoms with van der Waals surface area (Å²) in [5.41, 5.74) is 3.76. The number of nitriles is 1. The summed E-state index contributed by atoms with van der Waals surface area (Å²) in [4.78, 5) is 0. The Labute approximate surface area is 188 Å². The Balaban J connectivity index is 1.33. The van der Waals surface area contributed by atoms with Gasteiger partial charge < -0.3 is 15.2 Å². The molecule has 1 fully saturated rings. The molecule has 0 aromatic heterocycles. The maximum atomic E-state index is 10.5. The Morgan fingerprint density at radius 2 is 1.77 bits per heavy atom. The molecule has 1 saturated carbocycles. The second kappa shape index (κ2) is 9.53. The fourth-order valence-electron chi connectivity index (χ4n) is 3.68. The highest BCUT2D eigenvalue weighted by atomic mass is 35.5. The molecule has 0 radical (unpaired) electrons. The van der Waals surface area contributed by atoms with Crippen molar-refractivity contribution in [2.24, 2.45) is 0 Å². The van der Waals surface area contributed by atoms with Gasteiger partial charge in [0.1, 0.15) is 24.5 Å². The summed E-state index contributed by atoms with van der Waals surface area (Å²) in [7, 11) is 0. The normalized spacial score (nSPS) is 15.1. The van der Waals surface area contributed by atoms with E-state index < -0.39 is 6.10 Å². The van der Waals surface area contributed by atoms with Crippen LogP contribution in [0.4, 0.5) is 0 Å². The van der Waals surface area contributed by atoms with E-state index in [4.69, 9.17) is 16.3 Å². The van der Waals surface area contributed by atoms with E-state index in [1.807, 2.05) is 66.7 Å². The van der Waals surface area contributed by atoms with E-state index in [1.54, 1.807) is 6.07 Å². The van der Waals surface area contributed by atoms with Crippen LogP contribution in [-0.4, -0.2) is 29.9 Å². The number of ether oxygens (including phenoxy) is 1. The van der Waals surface area contributed by atoms with Crippen molar-refractivity contribution < 1.29 is 9.84 Å². The first-order valence-corrected chi connectivity index (χ1v) is 10.8. The molecule has 0 amide bonds. The van der Waals surface area contributed by atoms with Crippen molar-refractivity contribution in [3.63, 3.8) is 0 Å². The maximum Gasteiger partial charge on any atom is 0.137 e. The fourth-order valence-corrected chi connectivity index (χ4v) is 3.81. The number of benzene rings is 3. The molecular formula is C26H25ClN2O2. The molecule has 0 unspecified atom stereocenters. The molecule has 1 aliphatic carbocycles. The summed E-state index contributed by atoms with van der Waals surface area (Å²) in [5, 5.41) is 24.1. The van der Waals surface area contributed by atoms with Crippen LogP contribution >= 0.6 is 11.6 Å². The van der Waals surface area contributed by atoms with Crippen LogP contribution in [0.25, 0.3) is 11.1 Å². The minimum absolute atomic E-state index is 0.0415. The average molecular weight is 433 g/mol. The van der Waals surface area contributed by atoms with Crippen LogP contribution in [0.15, 0.2) is 72.8 Å². The van der Waals surface area contributed by atoms with E-state index in [-0.39, 0.29) is 12.1 Å². The van der Waals surface area contributed by atoms with E-state index in [9.17, 15) is 10.4 Å². The lowest BCUT2D eigenvalue weighted by Crippen LogP contribution is -2.40. The van der Waals surface area contributed by atoms with Crippen molar-refractivity contribution in [1.29, 1.82) is 5.26 Å². The molecule has 4 nitrogen and oxygen atoms in total. The summed E-state index contributed by atoms with van der Waals surface area (Å²) >= 11 is 5.97. The van der Waals surface area contributed by atoms with Gasteiger partial charge in [-0.3, -0.25) is 0 Å². The number of β-amino-alcohol motifs (C(OH)–C–C–N with tert-alkyl or cyclic N) is 1. The van der Waals surface area contributed by atoms with Crippen molar-refractivity contribution in [3.05, 3.63) is 88.9 Å². The predicted molar refractivity (Wildman–Crippen MR) is 123 cm³/mol. The van der Waals surface area contributed by atoms with Crippen LogP contribution in [0.5, 0.6) is 5.75 Å². The number of aliphatic hydroxyl groups excluding tert-OH is 1. The highest BCUT2D eigenvalue weighted by molar-refractivity contribution is 6.30. The molecule has 1 atom stereocenters. The predicted octanol–water partition coefficient (Wildman–Crippen LogP) is 4.98. The van der Waals surface area contributed by atoms with Gasteiger partial charge in [-0.05, 0) is 60.2 Å². The van der Waals surface area contributed by atoms with Gasteiger partial charge >= 0.3 is 0 Å². The molecular weight excluding hydrogens is 408 g/mol. The van der Waals surface area contributed by atoms with Gasteiger partial charge in [0, 0.05) is 17.1 Å². The molecule has 0 saturated heterocycles. The minimum Gasteiger partial charge on any atom is -0.489 e. The van der Waals surface area contributed by atoms with Gasteiger partial charge in [0.05, 0.1) is 5.56 Å². The van der Waals surface area contributed by atoms with Crippen molar-refractivity contribution in [1.82, 2.24) is 5.32 Å². The number of hydrogen-bond donors (Lipinski definition) is 2. The molecule has 3 aromatic carbocycles. The third-order valence-corrected chi connectivity index (χ3v) is 5.91. The lowest BCUT2D eigenvalue weighted by molar-refractivity contribution is 0.102. The van der Waals surface area contributed by atoms with Crippen molar-refractivity contribution in [3.8, 4) is 22.9 Å². The lowest BCUT2D eigenvalue weighted by atomic mass is 10.0. The Kier molecular flexibility index (Phi) is 6.58. The van der Waals surface area contributed by atoms with Crippen molar-refractivity contribution in [2.45, 2.75) is 30.9 Å². The van der Waals surface area contributed by atoms with E-state index in [0.29, 0.717) is 17.9 Å². The highest BCUT2D eigenvalue weighted by Crippen LogP contribution is 2.38. The number of aliphatic hydroxyl groups is 1. The van der Waals surface area contributed by atoms with E-state index in [1.165, 1.54) is 5.56 Å². The second-order valence-corrected chi connectivity index (χ2v) is 8.55. The van der Waals surface area contributed by atoms with E-state index >= 15 is 0 Å². The Hall–Kier alpha value is -2.84. The van der Waals surface area contributed by atoms with Gasteiger partial charge in [-0.1, -0.05) is 60.1 Å². The Morgan fingerprint density at radius 3 is 2.45 bits per heavy atom. The first kappa shape index (κ1) is 21.4. The summed E-state index contributed by atoms with van der Waals surface area (Å²) in [6.07, 6.45) is 2.41. The van der Waals surface area contributed by atoms with Gasteiger partial charge in [0.15, 0.2) is 0 Å². The maximum absolute atomic E-state index is 10.5. The second-order valence-electron chi connectivity index (χ2n) is 8.12. The standard InChI is InChI=1S/C26H25ClN2O2/c27-23-10-6-19(7-11-23)15-26(12-13-26)29-17-24(30)18-31-25-14-21(8-9-22(25)16-28)20-4-2-1-3-5-20/h1-11,14,24,29-30H,12-13,15,17-18H2/t24-/m1/s1. The van der Waals surface area contributed by atoms with Gasteiger partial charge in [0.25, 0.3) is 0 Å². The smallest absolute Gasteiger partial charge is 0.137 e. The third kappa shape index (κ3) is 5.65. The van der Waals surface area contributed by atoms with Gasteiger partial charge in [-0.25, -0.2) is 0 Å². The molecule has 31 heavy (non-hydrogen) atoms. The summed E-state index contributed by atoms with van der Waals surface area (Å²) < 4.78 is 5.84. The summed E-state index contributed by atoms with van der Waals surface area (Å²) in [6, 6.07) is 25.5. The molecule has 158 valence electrons. The van der Waals surface area contributed by atoms with Gasteiger partial charge in [0.2, 0.25) is 0 Å². The monoisotopic (exact) mass is 432 g/mol. The SMILES string of the molecule is N#Cc1ccc(-c2ccccc2)cc1OC[C@H](O)CNC1(Cc2ccc(Cl)cc2)CC1. The van der Waals surface area contributed by atoms with Crippen LogP contribution in [0.1, 0.15) is 24.0 Å². The van der Waals surface area contributed by atoms with E-state index in [0.717, 1.165) is 35.4 Å². The Morgan fingerprint density at radius 1 is 1.03 bits per heavy atom. The van der Waals surface area contributed by atoms with Crippen LogP contribution in [0.3, 0.4) is 0 Å². The number of nitrogens with zero attached hydrogens (tertiary/aromatic N) is 1. The zero-order valence-electron chi connectivity index (χ0n) is 17.2. The van der Waals surface area contributed by atoms with Crippen LogP contribution in [-0.2, 0) is 6.42 Å². The first-order valence-electron chi connectivity index (χ1n) is 10.5. The number of rotatable bonds is 9. The highest BCUT2D eigenvalue weighted by Gasteiger charge is 2.42. The van der Waals surface area contributed by atoms with Gasteiger partial charge in [-0.2, -0.15) is 5.26 Å². The lowest BCUT2D eigenvalue weighted by Gasteiger charge is -2.21. The number of halogens is 1. The average Bonchev–Trinajstić information content (AvgIpc) is 3.58. The molecule has 0 spiro atoms. The van der Waals surface area contributed by atoms with Crippen LogP contribution < -0.4 is 10.1 Å². The number of nitrogens with one attached hydrogen (secondary N) is 1. The van der Waals surface area contributed by atoms with Crippen molar-refractivity contribution in [2.75, 3.05) is 13.2 Å². The Bertz CT molecular complexity index is 1060. The number of hydrogen-bond acceptors (Lipinski definition) is 4. The third-order valence-electron chi connectivity index (χ3n) is 5.66. The van der Waals surface area contributed by atoms with Crippen LogP contribution in [0, 0.1) is 11.3 Å². The zero-order chi connectivity index (χ0) is 21.7. The molecule has 0 bridgehead atoms. The van der Waals surface area contributed by atoms with Gasteiger partial charge in [-0.15, -0.1) is 0 Å². The molecule has 0 aliphatic heterocycles. The summed E-state index contributed by atoms with van der Waals surface area (Å²) in [5.74, 6) is 0.491. The minimum atomic E-state index is -0.672. The molecule has 3 aromatic rings. The zero-order valence-corrected chi connectivity index (χ0v) is 18.0. The van der Waals surface area contributed by atoms with Crippen LogP contribution in [0.2, 0.25) is 5.02 Å². The topological polar surface area (TPSA) is 65.3 Å². The first-order chi connectivity index (χ1) is 15.1.